The third-order valence-electron chi connectivity index (χ3n) is 3.63. The lowest BCUT2D eigenvalue weighted by Crippen LogP contribution is -2.17. The van der Waals surface area contributed by atoms with Crippen LogP contribution in [0.5, 0.6) is 0 Å². The van der Waals surface area contributed by atoms with Gasteiger partial charge in [0.2, 0.25) is 0 Å². The van der Waals surface area contributed by atoms with Crippen molar-refractivity contribution < 1.29 is 18.4 Å². The molecular formula is C18H13BrO6. The van der Waals surface area contributed by atoms with Crippen LogP contribution in [0.2, 0.25) is 0 Å². The molecule has 0 N–H and O–H groups in total. The molecule has 2 aromatic heterocycles. The number of benzene rings is 1. The van der Waals surface area contributed by atoms with Gasteiger partial charge >= 0.3 is 17.2 Å². The van der Waals surface area contributed by atoms with E-state index in [-0.39, 0.29) is 34.5 Å². The van der Waals surface area contributed by atoms with Crippen molar-refractivity contribution in [1.29, 1.82) is 0 Å². The third-order valence-corrected chi connectivity index (χ3v) is 4.16. The van der Waals surface area contributed by atoms with E-state index in [0.29, 0.717) is 5.56 Å². The van der Waals surface area contributed by atoms with Gasteiger partial charge in [-0.25, -0.2) is 14.4 Å². The van der Waals surface area contributed by atoms with Gasteiger partial charge in [-0.1, -0.05) is 28.1 Å². The molecule has 0 saturated heterocycles. The van der Waals surface area contributed by atoms with Gasteiger partial charge in [0.25, 0.3) is 0 Å². The van der Waals surface area contributed by atoms with E-state index < -0.39 is 17.2 Å². The normalized spacial score (nSPS) is 10.8. The standard InChI is InChI=1S/C18H13BrO6/c1-3-23-16(20)14-9(2)24-17(21)15-12(14)8-13(25-18(15)22)10-4-6-11(19)7-5-10/h4-8H,3H2,1-2H3. The lowest BCUT2D eigenvalue weighted by atomic mass is 10.0. The molecule has 7 heteroatoms. The summed E-state index contributed by atoms with van der Waals surface area (Å²) in [7, 11) is 0. The maximum absolute atomic E-state index is 12.3. The van der Waals surface area contributed by atoms with Crippen molar-refractivity contribution in [2.45, 2.75) is 13.8 Å². The molecule has 0 radical (unpaired) electrons. The first kappa shape index (κ1) is 17.2. The van der Waals surface area contributed by atoms with Crippen LogP contribution in [-0.4, -0.2) is 12.6 Å². The van der Waals surface area contributed by atoms with Crippen molar-refractivity contribution in [2.24, 2.45) is 0 Å². The lowest BCUT2D eigenvalue weighted by Gasteiger charge is -2.09. The summed E-state index contributed by atoms with van der Waals surface area (Å²) in [6, 6.07) is 8.55. The first-order valence-corrected chi connectivity index (χ1v) is 8.26. The molecule has 0 aliphatic heterocycles. The number of hydrogen-bond acceptors (Lipinski definition) is 6. The van der Waals surface area contributed by atoms with Gasteiger partial charge < -0.3 is 13.6 Å². The molecule has 3 aromatic rings. The predicted octanol–water partition coefficient (Wildman–Crippen LogP) is 3.66. The molecular weight excluding hydrogens is 392 g/mol. The van der Waals surface area contributed by atoms with Crippen molar-refractivity contribution in [1.82, 2.24) is 0 Å². The molecule has 0 unspecified atom stereocenters. The van der Waals surface area contributed by atoms with Gasteiger partial charge in [0.15, 0.2) is 5.39 Å². The number of ether oxygens (including phenoxy) is 1. The molecule has 0 saturated carbocycles. The van der Waals surface area contributed by atoms with Crippen molar-refractivity contribution in [2.75, 3.05) is 6.61 Å². The highest BCUT2D eigenvalue weighted by atomic mass is 79.9. The maximum atomic E-state index is 12.3. The Kier molecular flexibility index (Phi) is 4.59. The van der Waals surface area contributed by atoms with E-state index >= 15 is 0 Å². The average Bonchev–Trinajstić information content (AvgIpc) is 2.54. The number of halogens is 1. The van der Waals surface area contributed by atoms with Gasteiger partial charge in [0.05, 0.1) is 6.61 Å². The van der Waals surface area contributed by atoms with Crippen molar-refractivity contribution >= 4 is 32.7 Å². The van der Waals surface area contributed by atoms with Crippen molar-refractivity contribution in [3.8, 4) is 11.3 Å². The van der Waals surface area contributed by atoms with E-state index in [1.807, 2.05) is 0 Å². The largest absolute Gasteiger partial charge is 0.462 e. The first-order valence-electron chi connectivity index (χ1n) is 7.47. The zero-order chi connectivity index (χ0) is 18.1. The molecule has 0 aliphatic carbocycles. The molecule has 128 valence electrons. The number of fused-ring (bicyclic) bond motifs is 1. The molecule has 6 nitrogen and oxygen atoms in total. The van der Waals surface area contributed by atoms with Gasteiger partial charge in [-0.05, 0) is 32.0 Å². The highest BCUT2D eigenvalue weighted by Crippen LogP contribution is 2.26. The van der Waals surface area contributed by atoms with E-state index in [1.165, 1.54) is 13.0 Å². The van der Waals surface area contributed by atoms with E-state index in [2.05, 4.69) is 15.9 Å². The minimum Gasteiger partial charge on any atom is -0.462 e. The van der Waals surface area contributed by atoms with Crippen LogP contribution in [0.4, 0.5) is 0 Å². The van der Waals surface area contributed by atoms with E-state index in [0.717, 1.165) is 4.47 Å². The number of hydrogen-bond donors (Lipinski definition) is 0. The minimum absolute atomic E-state index is 0.0442. The van der Waals surface area contributed by atoms with Crippen LogP contribution in [0.3, 0.4) is 0 Å². The monoisotopic (exact) mass is 404 g/mol. The smallest absolute Gasteiger partial charge is 0.351 e. The summed E-state index contributed by atoms with van der Waals surface area (Å²) in [5.41, 5.74) is -1.04. The van der Waals surface area contributed by atoms with Crippen LogP contribution in [0.1, 0.15) is 23.0 Å². The average molecular weight is 405 g/mol. The summed E-state index contributed by atoms with van der Waals surface area (Å²) in [6.45, 7) is 3.29. The fourth-order valence-corrected chi connectivity index (χ4v) is 2.79. The van der Waals surface area contributed by atoms with Gasteiger partial charge in [-0.3, -0.25) is 0 Å². The highest BCUT2D eigenvalue weighted by Gasteiger charge is 2.22. The Morgan fingerprint density at radius 1 is 1.12 bits per heavy atom. The second kappa shape index (κ2) is 6.68. The van der Waals surface area contributed by atoms with Gasteiger partial charge in [0.1, 0.15) is 17.1 Å². The predicted molar refractivity (Wildman–Crippen MR) is 94.8 cm³/mol. The molecule has 0 amide bonds. The Balaban J connectivity index is 2.36. The first-order chi connectivity index (χ1) is 11.9. The summed E-state index contributed by atoms with van der Waals surface area (Å²) in [4.78, 5) is 36.6. The fraction of sp³-hybridized carbons (Fsp3) is 0.167. The highest BCUT2D eigenvalue weighted by molar-refractivity contribution is 9.10. The molecule has 0 spiro atoms. The molecule has 1 aromatic carbocycles. The van der Waals surface area contributed by atoms with Gasteiger partial charge in [0, 0.05) is 15.4 Å². The topological polar surface area (TPSA) is 86.7 Å². The van der Waals surface area contributed by atoms with Crippen LogP contribution in [0.25, 0.3) is 22.1 Å². The molecule has 2 heterocycles. The van der Waals surface area contributed by atoms with E-state index in [9.17, 15) is 14.4 Å². The Morgan fingerprint density at radius 2 is 1.76 bits per heavy atom. The lowest BCUT2D eigenvalue weighted by molar-refractivity contribution is 0.0524. The number of aryl methyl sites for hydroxylation is 1. The molecule has 0 atom stereocenters. The van der Waals surface area contributed by atoms with E-state index in [1.54, 1.807) is 31.2 Å². The summed E-state index contributed by atoms with van der Waals surface area (Å²) in [6.07, 6.45) is 0. The summed E-state index contributed by atoms with van der Waals surface area (Å²) in [5, 5.41) is -0.157. The Bertz CT molecular complexity index is 1080. The number of carbonyl (C=O) groups is 1. The maximum Gasteiger partial charge on any atom is 0.351 e. The van der Waals surface area contributed by atoms with Crippen LogP contribution in [0.15, 0.2) is 53.2 Å². The minimum atomic E-state index is -0.866. The molecule has 0 aliphatic rings. The summed E-state index contributed by atoms with van der Waals surface area (Å²) in [5.74, 6) is -0.343. The van der Waals surface area contributed by atoms with Crippen LogP contribution >= 0.6 is 15.9 Å². The zero-order valence-corrected chi connectivity index (χ0v) is 15.0. The quantitative estimate of drug-likeness (QED) is 0.619. The molecule has 0 bridgehead atoms. The van der Waals surface area contributed by atoms with Crippen LogP contribution < -0.4 is 11.3 Å². The zero-order valence-electron chi connectivity index (χ0n) is 13.4. The Morgan fingerprint density at radius 3 is 2.40 bits per heavy atom. The van der Waals surface area contributed by atoms with Gasteiger partial charge in [-0.2, -0.15) is 0 Å². The number of esters is 1. The molecule has 3 rings (SSSR count). The van der Waals surface area contributed by atoms with Gasteiger partial charge in [-0.15, -0.1) is 0 Å². The van der Waals surface area contributed by atoms with E-state index in [4.69, 9.17) is 13.6 Å². The van der Waals surface area contributed by atoms with Crippen LogP contribution in [-0.2, 0) is 4.74 Å². The Labute approximate surface area is 150 Å². The molecule has 0 fully saturated rings. The summed E-state index contributed by atoms with van der Waals surface area (Å²) < 4.78 is 16.1. The SMILES string of the molecule is CCOC(=O)c1c(C)oc(=O)c2c(=O)oc(-c3ccc(Br)cc3)cc12. The van der Waals surface area contributed by atoms with Crippen molar-refractivity contribution in [3.05, 3.63) is 67.0 Å². The third kappa shape index (κ3) is 3.15. The number of carbonyl (C=O) groups excluding carboxylic acids is 1. The fourth-order valence-electron chi connectivity index (χ4n) is 2.53. The van der Waals surface area contributed by atoms with Crippen LogP contribution in [0, 0.1) is 6.92 Å². The summed E-state index contributed by atoms with van der Waals surface area (Å²) >= 11 is 3.33. The Hall–Kier alpha value is -2.67. The molecule has 25 heavy (non-hydrogen) atoms. The number of rotatable bonds is 3. The van der Waals surface area contributed by atoms with Crippen molar-refractivity contribution in [3.63, 3.8) is 0 Å². The second-order valence-electron chi connectivity index (χ2n) is 5.23. The second-order valence-corrected chi connectivity index (χ2v) is 6.15.